The molecular weight excluding hydrogens is 148 g/mol. The van der Waals surface area contributed by atoms with Gasteiger partial charge in [0.05, 0.1) is 0 Å². The third-order valence-corrected chi connectivity index (χ3v) is 2.76. The van der Waals surface area contributed by atoms with Crippen molar-refractivity contribution in [3.63, 3.8) is 0 Å². The van der Waals surface area contributed by atoms with Crippen LogP contribution in [0.2, 0.25) is 0 Å². The van der Waals surface area contributed by atoms with Gasteiger partial charge in [-0.15, -0.1) is 0 Å². The van der Waals surface area contributed by atoms with Crippen molar-refractivity contribution in [2.75, 3.05) is 19.6 Å². The van der Waals surface area contributed by atoms with E-state index in [1.165, 1.54) is 45.2 Å². The van der Waals surface area contributed by atoms with E-state index in [0.717, 1.165) is 12.6 Å². The van der Waals surface area contributed by atoms with Crippen LogP contribution in [0.1, 0.15) is 39.0 Å². The van der Waals surface area contributed by atoms with Gasteiger partial charge in [0, 0.05) is 6.04 Å². The predicted octanol–water partition coefficient (Wildman–Crippen LogP) is 1.60. The molecule has 2 nitrogen and oxygen atoms in total. The van der Waals surface area contributed by atoms with E-state index < -0.39 is 0 Å². The highest BCUT2D eigenvalue weighted by molar-refractivity contribution is 4.76. The van der Waals surface area contributed by atoms with Crippen molar-refractivity contribution >= 4 is 0 Å². The molecule has 0 aromatic heterocycles. The molecule has 1 heterocycles. The highest BCUT2D eigenvalue weighted by Gasteiger charge is 2.19. The molecule has 12 heavy (non-hydrogen) atoms. The molecule has 1 rings (SSSR count). The van der Waals surface area contributed by atoms with Crippen LogP contribution < -0.4 is 5.73 Å². The molecule has 1 saturated heterocycles. The Morgan fingerprint density at radius 1 is 1.42 bits per heavy atom. The molecule has 2 heteroatoms. The molecular formula is C10H22N2. The topological polar surface area (TPSA) is 29.3 Å². The molecule has 0 amide bonds. The maximum atomic E-state index is 5.59. The molecule has 0 radical (unpaired) electrons. The van der Waals surface area contributed by atoms with Crippen LogP contribution in [-0.4, -0.2) is 30.6 Å². The average Bonchev–Trinajstić information content (AvgIpc) is 2.09. The van der Waals surface area contributed by atoms with E-state index in [4.69, 9.17) is 5.73 Å². The first-order valence-corrected chi connectivity index (χ1v) is 5.32. The number of nitrogens with zero attached hydrogens (tertiary/aromatic N) is 1. The predicted molar refractivity (Wildman–Crippen MR) is 53.2 cm³/mol. The summed E-state index contributed by atoms with van der Waals surface area (Å²) in [6.45, 7) is 5.68. The molecule has 1 atom stereocenters. The summed E-state index contributed by atoms with van der Waals surface area (Å²) in [6.07, 6.45) is 6.64. The van der Waals surface area contributed by atoms with Crippen molar-refractivity contribution in [3.8, 4) is 0 Å². The van der Waals surface area contributed by atoms with Crippen LogP contribution in [0.4, 0.5) is 0 Å². The average molecular weight is 170 g/mol. The zero-order valence-electron chi connectivity index (χ0n) is 8.26. The fourth-order valence-electron chi connectivity index (χ4n) is 2.16. The van der Waals surface area contributed by atoms with Crippen molar-refractivity contribution in [2.24, 2.45) is 5.73 Å². The molecule has 1 aliphatic rings. The standard InChI is InChI=1S/C10H22N2/c1-2-8-12-9-4-3-5-10(12)6-7-11/h10H,2-9,11H2,1H3. The third kappa shape index (κ3) is 2.76. The van der Waals surface area contributed by atoms with Crippen LogP contribution in [0.5, 0.6) is 0 Å². The van der Waals surface area contributed by atoms with Crippen molar-refractivity contribution in [3.05, 3.63) is 0 Å². The maximum Gasteiger partial charge on any atom is 0.0107 e. The van der Waals surface area contributed by atoms with E-state index in [0.29, 0.717) is 0 Å². The molecule has 1 fully saturated rings. The van der Waals surface area contributed by atoms with Gasteiger partial charge in [-0.1, -0.05) is 13.3 Å². The van der Waals surface area contributed by atoms with Gasteiger partial charge in [0.1, 0.15) is 0 Å². The second kappa shape index (κ2) is 5.55. The summed E-state index contributed by atoms with van der Waals surface area (Å²) in [5, 5.41) is 0. The summed E-state index contributed by atoms with van der Waals surface area (Å²) < 4.78 is 0. The molecule has 0 aliphatic carbocycles. The number of likely N-dealkylation sites (tertiary alicyclic amines) is 1. The smallest absolute Gasteiger partial charge is 0.0107 e. The first kappa shape index (κ1) is 10.0. The molecule has 1 aliphatic heterocycles. The molecule has 1 unspecified atom stereocenters. The summed E-state index contributed by atoms with van der Waals surface area (Å²) in [5.74, 6) is 0. The second-order valence-corrected chi connectivity index (χ2v) is 3.76. The van der Waals surface area contributed by atoms with Crippen LogP contribution >= 0.6 is 0 Å². The minimum absolute atomic E-state index is 0.795. The molecule has 0 bridgehead atoms. The Bertz CT molecular complexity index is 96.4. The van der Waals surface area contributed by atoms with E-state index in [2.05, 4.69) is 11.8 Å². The lowest BCUT2D eigenvalue weighted by Gasteiger charge is -2.35. The third-order valence-electron chi connectivity index (χ3n) is 2.76. The summed E-state index contributed by atoms with van der Waals surface area (Å²) in [4.78, 5) is 2.62. The van der Waals surface area contributed by atoms with Crippen LogP contribution in [0.25, 0.3) is 0 Å². The Morgan fingerprint density at radius 2 is 2.25 bits per heavy atom. The zero-order chi connectivity index (χ0) is 8.81. The normalized spacial score (nSPS) is 26.0. The first-order chi connectivity index (χ1) is 5.88. The van der Waals surface area contributed by atoms with E-state index in [9.17, 15) is 0 Å². The van der Waals surface area contributed by atoms with Crippen molar-refractivity contribution < 1.29 is 0 Å². The van der Waals surface area contributed by atoms with Crippen LogP contribution in [0.15, 0.2) is 0 Å². The lowest BCUT2D eigenvalue weighted by Crippen LogP contribution is -2.40. The summed E-state index contributed by atoms with van der Waals surface area (Å²) in [7, 11) is 0. The van der Waals surface area contributed by atoms with Crippen molar-refractivity contribution in [2.45, 2.75) is 45.1 Å². The minimum atomic E-state index is 0.795. The molecule has 0 spiro atoms. The van der Waals surface area contributed by atoms with Gasteiger partial charge in [0.15, 0.2) is 0 Å². The fourth-order valence-corrected chi connectivity index (χ4v) is 2.16. The van der Waals surface area contributed by atoms with Gasteiger partial charge in [-0.3, -0.25) is 0 Å². The molecule has 0 saturated carbocycles. The Kier molecular flexibility index (Phi) is 4.62. The summed E-state index contributed by atoms with van der Waals surface area (Å²) in [6, 6.07) is 0.795. The second-order valence-electron chi connectivity index (χ2n) is 3.76. The number of nitrogens with two attached hydrogens (primary N) is 1. The monoisotopic (exact) mass is 170 g/mol. The number of rotatable bonds is 4. The van der Waals surface area contributed by atoms with Gasteiger partial charge in [0.2, 0.25) is 0 Å². The van der Waals surface area contributed by atoms with E-state index in [1.54, 1.807) is 0 Å². The lowest BCUT2D eigenvalue weighted by atomic mass is 9.99. The highest BCUT2D eigenvalue weighted by Crippen LogP contribution is 2.18. The van der Waals surface area contributed by atoms with Crippen LogP contribution in [-0.2, 0) is 0 Å². The maximum absolute atomic E-state index is 5.59. The molecule has 2 N–H and O–H groups in total. The largest absolute Gasteiger partial charge is 0.330 e. The van der Waals surface area contributed by atoms with E-state index >= 15 is 0 Å². The fraction of sp³-hybridized carbons (Fsp3) is 1.00. The van der Waals surface area contributed by atoms with Crippen LogP contribution in [0.3, 0.4) is 0 Å². The quantitative estimate of drug-likeness (QED) is 0.694. The van der Waals surface area contributed by atoms with Gasteiger partial charge < -0.3 is 10.6 Å². The highest BCUT2D eigenvalue weighted by atomic mass is 15.2. The Morgan fingerprint density at radius 3 is 2.92 bits per heavy atom. The van der Waals surface area contributed by atoms with Gasteiger partial charge in [-0.05, 0) is 45.3 Å². The molecule has 0 aromatic rings. The lowest BCUT2D eigenvalue weighted by molar-refractivity contribution is 0.142. The van der Waals surface area contributed by atoms with Crippen molar-refractivity contribution in [1.82, 2.24) is 4.90 Å². The Hall–Kier alpha value is -0.0800. The number of hydrogen-bond acceptors (Lipinski definition) is 2. The Labute approximate surface area is 76.1 Å². The number of hydrogen-bond donors (Lipinski definition) is 1. The van der Waals surface area contributed by atoms with Crippen LogP contribution in [0, 0.1) is 0 Å². The summed E-state index contributed by atoms with van der Waals surface area (Å²) in [5.41, 5.74) is 5.59. The van der Waals surface area contributed by atoms with E-state index in [-0.39, 0.29) is 0 Å². The molecule has 0 aromatic carbocycles. The first-order valence-electron chi connectivity index (χ1n) is 5.32. The van der Waals surface area contributed by atoms with Gasteiger partial charge in [-0.2, -0.15) is 0 Å². The Balaban J connectivity index is 2.31. The van der Waals surface area contributed by atoms with Gasteiger partial charge in [0.25, 0.3) is 0 Å². The number of piperidine rings is 1. The zero-order valence-corrected chi connectivity index (χ0v) is 8.26. The minimum Gasteiger partial charge on any atom is -0.330 e. The van der Waals surface area contributed by atoms with Gasteiger partial charge in [-0.25, -0.2) is 0 Å². The van der Waals surface area contributed by atoms with Gasteiger partial charge >= 0.3 is 0 Å². The SMILES string of the molecule is CCCN1CCCCC1CCN. The van der Waals surface area contributed by atoms with E-state index in [1.807, 2.05) is 0 Å². The van der Waals surface area contributed by atoms with Crippen molar-refractivity contribution in [1.29, 1.82) is 0 Å². The summed E-state index contributed by atoms with van der Waals surface area (Å²) >= 11 is 0. The molecule has 72 valence electrons.